The maximum absolute atomic E-state index is 5.70. The van der Waals surface area contributed by atoms with E-state index in [1.54, 1.807) is 0 Å². The van der Waals surface area contributed by atoms with Gasteiger partial charge in [0.05, 0.1) is 0 Å². The summed E-state index contributed by atoms with van der Waals surface area (Å²) in [6.07, 6.45) is 2.68. The number of piperidine rings is 1. The number of likely N-dealkylation sites (tertiary alicyclic amines) is 1. The highest BCUT2D eigenvalue weighted by Crippen LogP contribution is 2.19. The van der Waals surface area contributed by atoms with Crippen LogP contribution in [0.5, 0.6) is 0 Å². The van der Waals surface area contributed by atoms with Crippen molar-refractivity contribution < 1.29 is 0 Å². The lowest BCUT2D eigenvalue weighted by Crippen LogP contribution is -2.44. The van der Waals surface area contributed by atoms with Gasteiger partial charge in [0.15, 0.2) is 0 Å². The van der Waals surface area contributed by atoms with Crippen molar-refractivity contribution in [3.63, 3.8) is 0 Å². The normalized spacial score (nSPS) is 20.3. The molecule has 3 heteroatoms. The van der Waals surface area contributed by atoms with Crippen LogP contribution in [0.15, 0.2) is 30.3 Å². The molecule has 21 heavy (non-hydrogen) atoms. The molecule has 1 fully saturated rings. The molecule has 0 amide bonds. The van der Waals surface area contributed by atoms with Crippen molar-refractivity contribution in [2.24, 2.45) is 11.7 Å². The molecule has 0 aromatic heterocycles. The molecular formula is C18H31N3. The second-order valence-electron chi connectivity index (χ2n) is 6.61. The van der Waals surface area contributed by atoms with E-state index in [0.29, 0.717) is 6.04 Å². The molecule has 0 saturated carbocycles. The predicted molar refractivity (Wildman–Crippen MR) is 90.2 cm³/mol. The molecule has 1 aliphatic heterocycles. The summed E-state index contributed by atoms with van der Waals surface area (Å²) < 4.78 is 0. The molecule has 0 aliphatic carbocycles. The standard InChI is InChI=1S/C18H31N3/c1-16(2)21(14-17-7-4-3-5-8-17)15-18-9-6-11-20(13-18)12-10-19/h3-5,7-8,16,18H,6,9-15,19H2,1-2H3/t18-/m0/s1. The Kier molecular flexibility index (Phi) is 6.68. The van der Waals surface area contributed by atoms with Crippen LogP contribution in [0.4, 0.5) is 0 Å². The zero-order chi connectivity index (χ0) is 15.1. The first-order valence-corrected chi connectivity index (χ1v) is 8.39. The molecule has 1 atom stereocenters. The summed E-state index contributed by atoms with van der Waals surface area (Å²) in [6, 6.07) is 11.4. The van der Waals surface area contributed by atoms with E-state index in [1.807, 2.05) is 0 Å². The summed E-state index contributed by atoms with van der Waals surface area (Å²) in [5.41, 5.74) is 7.12. The van der Waals surface area contributed by atoms with E-state index in [1.165, 1.54) is 38.0 Å². The van der Waals surface area contributed by atoms with Crippen LogP contribution in [0.3, 0.4) is 0 Å². The Balaban J connectivity index is 1.90. The molecule has 0 bridgehead atoms. The Morgan fingerprint density at radius 3 is 2.71 bits per heavy atom. The number of benzene rings is 1. The minimum atomic E-state index is 0.593. The lowest BCUT2D eigenvalue weighted by molar-refractivity contribution is 0.114. The van der Waals surface area contributed by atoms with Gasteiger partial charge in [0.1, 0.15) is 0 Å². The third-order valence-electron chi connectivity index (χ3n) is 4.50. The van der Waals surface area contributed by atoms with Gasteiger partial charge >= 0.3 is 0 Å². The van der Waals surface area contributed by atoms with Gasteiger partial charge in [-0.1, -0.05) is 30.3 Å². The first kappa shape index (κ1) is 16.5. The van der Waals surface area contributed by atoms with Gasteiger partial charge in [-0.25, -0.2) is 0 Å². The Labute approximate surface area is 130 Å². The first-order chi connectivity index (χ1) is 10.2. The molecule has 0 spiro atoms. The van der Waals surface area contributed by atoms with Gasteiger partial charge in [0.2, 0.25) is 0 Å². The highest BCUT2D eigenvalue weighted by Gasteiger charge is 2.22. The maximum Gasteiger partial charge on any atom is 0.0236 e. The van der Waals surface area contributed by atoms with Crippen LogP contribution in [-0.4, -0.2) is 48.6 Å². The van der Waals surface area contributed by atoms with Gasteiger partial charge in [-0.2, -0.15) is 0 Å². The van der Waals surface area contributed by atoms with E-state index >= 15 is 0 Å². The molecule has 0 radical (unpaired) electrons. The third kappa shape index (κ3) is 5.42. The summed E-state index contributed by atoms with van der Waals surface area (Å²) in [5.74, 6) is 0.788. The van der Waals surface area contributed by atoms with Crippen molar-refractivity contribution in [3.8, 4) is 0 Å². The molecule has 2 N–H and O–H groups in total. The largest absolute Gasteiger partial charge is 0.329 e. The van der Waals surface area contributed by atoms with E-state index < -0.39 is 0 Å². The summed E-state index contributed by atoms with van der Waals surface area (Å²) in [6.45, 7) is 11.2. The van der Waals surface area contributed by atoms with Crippen LogP contribution in [0.25, 0.3) is 0 Å². The predicted octanol–water partition coefficient (Wildman–Crippen LogP) is 2.57. The van der Waals surface area contributed by atoms with Crippen molar-refractivity contribution in [1.82, 2.24) is 9.80 Å². The summed E-state index contributed by atoms with van der Waals surface area (Å²) >= 11 is 0. The van der Waals surface area contributed by atoms with Crippen molar-refractivity contribution in [1.29, 1.82) is 0 Å². The fraction of sp³-hybridized carbons (Fsp3) is 0.667. The van der Waals surface area contributed by atoms with Crippen LogP contribution in [0.1, 0.15) is 32.3 Å². The van der Waals surface area contributed by atoms with E-state index in [4.69, 9.17) is 5.73 Å². The van der Waals surface area contributed by atoms with Crippen LogP contribution in [-0.2, 0) is 6.54 Å². The van der Waals surface area contributed by atoms with E-state index in [9.17, 15) is 0 Å². The quantitative estimate of drug-likeness (QED) is 0.837. The van der Waals surface area contributed by atoms with Crippen molar-refractivity contribution in [2.75, 3.05) is 32.7 Å². The molecule has 1 aromatic carbocycles. The average Bonchev–Trinajstić information content (AvgIpc) is 2.48. The topological polar surface area (TPSA) is 32.5 Å². The number of hydrogen-bond acceptors (Lipinski definition) is 3. The second kappa shape index (κ2) is 8.52. The van der Waals surface area contributed by atoms with Gasteiger partial charge in [-0.15, -0.1) is 0 Å². The van der Waals surface area contributed by atoms with Crippen LogP contribution >= 0.6 is 0 Å². The second-order valence-corrected chi connectivity index (χ2v) is 6.61. The monoisotopic (exact) mass is 289 g/mol. The maximum atomic E-state index is 5.70. The fourth-order valence-corrected chi connectivity index (χ4v) is 3.29. The molecule has 118 valence electrons. The van der Waals surface area contributed by atoms with Gasteiger partial charge < -0.3 is 10.6 Å². The zero-order valence-corrected chi connectivity index (χ0v) is 13.7. The van der Waals surface area contributed by atoms with Crippen molar-refractivity contribution in [3.05, 3.63) is 35.9 Å². The molecule has 0 unspecified atom stereocenters. The van der Waals surface area contributed by atoms with Crippen LogP contribution in [0.2, 0.25) is 0 Å². The number of hydrogen-bond donors (Lipinski definition) is 1. The number of nitrogens with two attached hydrogens (primary N) is 1. The lowest BCUT2D eigenvalue weighted by Gasteiger charge is -2.37. The van der Waals surface area contributed by atoms with E-state index in [-0.39, 0.29) is 0 Å². The van der Waals surface area contributed by atoms with Gasteiger partial charge in [-0.3, -0.25) is 4.90 Å². The highest BCUT2D eigenvalue weighted by molar-refractivity contribution is 5.14. The van der Waals surface area contributed by atoms with Crippen molar-refractivity contribution in [2.45, 2.75) is 39.3 Å². The van der Waals surface area contributed by atoms with E-state index in [2.05, 4.69) is 54.0 Å². The molecule has 1 saturated heterocycles. The average molecular weight is 289 g/mol. The van der Waals surface area contributed by atoms with Crippen LogP contribution < -0.4 is 5.73 Å². The Hall–Kier alpha value is -0.900. The van der Waals surface area contributed by atoms with Gasteiger partial charge in [0, 0.05) is 38.8 Å². The Bertz CT molecular complexity index is 389. The molecule has 2 rings (SSSR count). The van der Waals surface area contributed by atoms with Gasteiger partial charge in [0.25, 0.3) is 0 Å². The zero-order valence-electron chi connectivity index (χ0n) is 13.7. The third-order valence-corrected chi connectivity index (χ3v) is 4.50. The Morgan fingerprint density at radius 2 is 2.05 bits per heavy atom. The van der Waals surface area contributed by atoms with E-state index in [0.717, 1.165) is 25.6 Å². The number of rotatable bonds is 7. The molecular weight excluding hydrogens is 258 g/mol. The molecule has 1 heterocycles. The lowest BCUT2D eigenvalue weighted by atomic mass is 9.96. The fourth-order valence-electron chi connectivity index (χ4n) is 3.29. The van der Waals surface area contributed by atoms with Crippen molar-refractivity contribution >= 4 is 0 Å². The molecule has 3 nitrogen and oxygen atoms in total. The van der Waals surface area contributed by atoms with Gasteiger partial charge in [-0.05, 0) is 44.7 Å². The first-order valence-electron chi connectivity index (χ1n) is 8.39. The minimum Gasteiger partial charge on any atom is -0.329 e. The Morgan fingerprint density at radius 1 is 1.29 bits per heavy atom. The molecule has 1 aliphatic rings. The smallest absolute Gasteiger partial charge is 0.0236 e. The summed E-state index contributed by atoms with van der Waals surface area (Å²) in [7, 11) is 0. The summed E-state index contributed by atoms with van der Waals surface area (Å²) in [5, 5.41) is 0. The summed E-state index contributed by atoms with van der Waals surface area (Å²) in [4.78, 5) is 5.15. The van der Waals surface area contributed by atoms with Crippen LogP contribution in [0, 0.1) is 5.92 Å². The minimum absolute atomic E-state index is 0.593. The molecule has 1 aromatic rings. The SMILES string of the molecule is CC(C)N(Cc1ccccc1)C[C@H]1CCCN(CCN)C1. The number of nitrogens with zero attached hydrogens (tertiary/aromatic N) is 2. The highest BCUT2D eigenvalue weighted by atomic mass is 15.2.